The van der Waals surface area contributed by atoms with E-state index in [9.17, 15) is 14.7 Å². The fourth-order valence-electron chi connectivity index (χ4n) is 5.06. The van der Waals surface area contributed by atoms with Crippen molar-refractivity contribution in [2.45, 2.75) is 13.8 Å². The van der Waals surface area contributed by atoms with Crippen molar-refractivity contribution in [1.82, 2.24) is 9.97 Å². The Hall–Kier alpha value is -4.58. The molecule has 3 N–H and O–H groups in total. The predicted octanol–water partition coefficient (Wildman–Crippen LogP) is 5.46. The molecular formula is C28H21N3O3. The normalized spacial score (nSPS) is 14.2. The molecule has 0 spiro atoms. The van der Waals surface area contributed by atoms with Crippen LogP contribution in [0.1, 0.15) is 22.5 Å². The molecule has 0 radical (unpaired) electrons. The highest BCUT2D eigenvalue weighted by molar-refractivity contribution is 6.58. The van der Waals surface area contributed by atoms with E-state index in [1.807, 2.05) is 62.4 Å². The van der Waals surface area contributed by atoms with Crippen molar-refractivity contribution in [3.63, 3.8) is 0 Å². The van der Waals surface area contributed by atoms with E-state index < -0.39 is 11.8 Å². The highest BCUT2D eigenvalue weighted by Crippen LogP contribution is 2.45. The summed E-state index contributed by atoms with van der Waals surface area (Å²) in [6.45, 7) is 3.81. The molecule has 0 bridgehead atoms. The lowest BCUT2D eigenvalue weighted by Gasteiger charge is -2.16. The minimum absolute atomic E-state index is 0.129. The van der Waals surface area contributed by atoms with Gasteiger partial charge in [-0.1, -0.05) is 48.5 Å². The molecule has 0 aliphatic carbocycles. The van der Waals surface area contributed by atoms with Crippen LogP contribution in [0, 0.1) is 13.8 Å². The van der Waals surface area contributed by atoms with Crippen molar-refractivity contribution < 1.29 is 14.7 Å². The average molecular weight is 447 g/mol. The van der Waals surface area contributed by atoms with E-state index in [2.05, 4.69) is 9.97 Å². The number of aryl methyl sites for hydroxylation is 2. The Kier molecular flexibility index (Phi) is 4.26. The molecule has 5 aromatic rings. The van der Waals surface area contributed by atoms with Crippen LogP contribution in [0.5, 0.6) is 5.75 Å². The van der Waals surface area contributed by atoms with Gasteiger partial charge in [-0.25, -0.2) is 4.90 Å². The van der Waals surface area contributed by atoms with E-state index in [1.165, 1.54) is 6.07 Å². The number of benzene rings is 3. The number of carbonyl (C=O) groups is 2. The topological polar surface area (TPSA) is 89.2 Å². The molecule has 34 heavy (non-hydrogen) atoms. The van der Waals surface area contributed by atoms with Crippen LogP contribution < -0.4 is 4.90 Å². The maximum atomic E-state index is 14.0. The van der Waals surface area contributed by atoms with E-state index in [0.29, 0.717) is 22.3 Å². The van der Waals surface area contributed by atoms with Crippen LogP contribution in [0.25, 0.3) is 33.0 Å². The van der Waals surface area contributed by atoms with E-state index in [1.54, 1.807) is 18.2 Å². The highest BCUT2D eigenvalue weighted by Gasteiger charge is 2.44. The summed E-state index contributed by atoms with van der Waals surface area (Å²) >= 11 is 0. The van der Waals surface area contributed by atoms with Gasteiger partial charge in [0, 0.05) is 44.3 Å². The summed E-state index contributed by atoms with van der Waals surface area (Å²) in [7, 11) is 0. The summed E-state index contributed by atoms with van der Waals surface area (Å²) in [6.07, 6.45) is 0. The van der Waals surface area contributed by atoms with Crippen molar-refractivity contribution in [2.24, 2.45) is 0 Å². The first kappa shape index (κ1) is 20.1. The third-order valence-electron chi connectivity index (χ3n) is 6.49. The van der Waals surface area contributed by atoms with Gasteiger partial charge in [0.05, 0.1) is 16.8 Å². The maximum absolute atomic E-state index is 14.0. The third-order valence-corrected chi connectivity index (χ3v) is 6.49. The number of rotatable bonds is 3. The molecule has 0 fully saturated rings. The maximum Gasteiger partial charge on any atom is 0.266 e. The zero-order valence-corrected chi connectivity index (χ0v) is 18.6. The van der Waals surface area contributed by atoms with E-state index >= 15 is 0 Å². The number of hydrogen-bond donors (Lipinski definition) is 3. The number of nitrogens with one attached hydrogen (secondary N) is 2. The zero-order chi connectivity index (χ0) is 23.6. The van der Waals surface area contributed by atoms with Crippen LogP contribution in [0.2, 0.25) is 0 Å². The molecule has 0 atom stereocenters. The van der Waals surface area contributed by atoms with Gasteiger partial charge in [0.25, 0.3) is 11.8 Å². The molecule has 2 aromatic heterocycles. The lowest BCUT2D eigenvalue weighted by Crippen LogP contribution is -2.31. The van der Waals surface area contributed by atoms with E-state index in [0.717, 1.165) is 38.1 Å². The van der Waals surface area contributed by atoms with Gasteiger partial charge >= 0.3 is 0 Å². The van der Waals surface area contributed by atoms with Crippen molar-refractivity contribution in [3.05, 3.63) is 95.3 Å². The molecule has 3 aromatic carbocycles. The van der Waals surface area contributed by atoms with E-state index in [-0.39, 0.29) is 11.4 Å². The molecule has 0 saturated heterocycles. The monoisotopic (exact) mass is 447 g/mol. The molecule has 1 aliphatic rings. The van der Waals surface area contributed by atoms with Gasteiger partial charge in [-0.2, -0.15) is 0 Å². The lowest BCUT2D eigenvalue weighted by atomic mass is 9.93. The number of carbonyl (C=O) groups excluding carboxylic acids is 2. The average Bonchev–Trinajstić information content (AvgIpc) is 3.41. The highest BCUT2D eigenvalue weighted by atomic mass is 16.3. The Bertz CT molecular complexity index is 1580. The largest absolute Gasteiger partial charge is 0.506 e. The van der Waals surface area contributed by atoms with Gasteiger partial charge in [0.2, 0.25) is 0 Å². The first-order valence-corrected chi connectivity index (χ1v) is 11.0. The standard InChI is InChI=1S/C28H21N3O3/c1-15-23(17-9-3-5-11-19(17)29-15)25-26(24-16(2)30-20-12-6-4-10-18(20)24)28(34)31(27(25)33)21-13-7-8-14-22(21)32/h3-14,29-30,32H,1-2H3. The molecule has 0 unspecified atom stereocenters. The van der Waals surface area contributed by atoms with E-state index in [4.69, 9.17) is 0 Å². The van der Waals surface area contributed by atoms with Crippen LogP contribution in [0.3, 0.4) is 0 Å². The Balaban J connectivity index is 1.72. The smallest absolute Gasteiger partial charge is 0.266 e. The van der Waals surface area contributed by atoms with Crippen molar-refractivity contribution in [2.75, 3.05) is 4.90 Å². The summed E-state index contributed by atoms with van der Waals surface area (Å²) < 4.78 is 0. The Labute approximate surface area is 195 Å². The number of H-pyrrole nitrogens is 2. The first-order chi connectivity index (χ1) is 16.5. The van der Waals surface area contributed by atoms with Crippen molar-refractivity contribution in [3.8, 4) is 5.75 Å². The fraction of sp³-hybridized carbons (Fsp3) is 0.0714. The predicted molar refractivity (Wildman–Crippen MR) is 133 cm³/mol. The molecule has 6 rings (SSSR count). The number of hydrogen-bond acceptors (Lipinski definition) is 3. The summed E-state index contributed by atoms with van der Waals surface area (Å²) in [5.41, 5.74) is 5.60. The third kappa shape index (κ3) is 2.69. The quantitative estimate of drug-likeness (QED) is 0.321. The van der Waals surface area contributed by atoms with Crippen LogP contribution in [0.4, 0.5) is 5.69 Å². The number of amides is 2. The number of anilines is 1. The lowest BCUT2D eigenvalue weighted by molar-refractivity contribution is -0.119. The number of para-hydroxylation sites is 4. The molecule has 166 valence electrons. The van der Waals surface area contributed by atoms with Crippen LogP contribution in [0.15, 0.2) is 72.8 Å². The molecule has 3 heterocycles. The molecule has 1 aliphatic heterocycles. The van der Waals surface area contributed by atoms with Gasteiger partial charge in [-0.3, -0.25) is 9.59 Å². The fourth-order valence-corrected chi connectivity index (χ4v) is 5.06. The molecule has 6 heteroatoms. The van der Waals surface area contributed by atoms with Crippen molar-refractivity contribution >= 4 is 50.5 Å². The summed E-state index contributed by atoms with van der Waals surface area (Å²) in [4.78, 5) is 35.8. The summed E-state index contributed by atoms with van der Waals surface area (Å²) in [6, 6.07) is 21.9. The number of aromatic amines is 2. The van der Waals surface area contributed by atoms with Crippen LogP contribution in [-0.2, 0) is 9.59 Å². The number of phenols is 1. The molecule has 2 amide bonds. The second-order valence-corrected chi connectivity index (χ2v) is 8.53. The number of fused-ring (bicyclic) bond motifs is 2. The SMILES string of the molecule is Cc1[nH]c2ccccc2c1C1=C(c2c(C)[nH]c3ccccc23)C(=O)N(c2ccccc2O)C1=O. The zero-order valence-electron chi connectivity index (χ0n) is 18.6. The van der Waals surface area contributed by atoms with Gasteiger partial charge in [-0.15, -0.1) is 0 Å². The summed E-state index contributed by atoms with van der Waals surface area (Å²) in [5.74, 6) is -1.05. The number of phenolic OH excluding ortho intramolecular Hbond substituents is 1. The van der Waals surface area contributed by atoms with Gasteiger partial charge in [0.1, 0.15) is 5.75 Å². The number of nitrogens with zero attached hydrogens (tertiary/aromatic N) is 1. The Morgan fingerprint density at radius 3 is 1.59 bits per heavy atom. The minimum atomic E-state index is -0.459. The number of imide groups is 1. The Morgan fingerprint density at radius 1 is 0.647 bits per heavy atom. The molecular weight excluding hydrogens is 426 g/mol. The van der Waals surface area contributed by atoms with Gasteiger partial charge in [-0.05, 0) is 38.1 Å². The Morgan fingerprint density at radius 2 is 1.09 bits per heavy atom. The minimum Gasteiger partial charge on any atom is -0.506 e. The van der Waals surface area contributed by atoms with Gasteiger partial charge in [0.15, 0.2) is 0 Å². The second-order valence-electron chi connectivity index (χ2n) is 8.53. The first-order valence-electron chi connectivity index (χ1n) is 11.0. The van der Waals surface area contributed by atoms with Crippen LogP contribution in [-0.4, -0.2) is 26.9 Å². The van der Waals surface area contributed by atoms with Crippen LogP contribution >= 0.6 is 0 Å². The summed E-state index contributed by atoms with van der Waals surface area (Å²) in [5, 5.41) is 12.2. The number of aromatic nitrogens is 2. The van der Waals surface area contributed by atoms with Gasteiger partial charge < -0.3 is 15.1 Å². The van der Waals surface area contributed by atoms with Crippen molar-refractivity contribution in [1.29, 1.82) is 0 Å². The molecule has 6 nitrogen and oxygen atoms in total. The second kappa shape index (κ2) is 7.22. The number of aromatic hydroxyl groups is 1. The molecule has 0 saturated carbocycles.